The largest absolute Gasteiger partial charge is 0.477 e. The molecule has 0 aliphatic rings. The molecule has 0 aliphatic carbocycles. The van der Waals surface area contributed by atoms with Crippen LogP contribution in [0.2, 0.25) is 0 Å². The van der Waals surface area contributed by atoms with Crippen LogP contribution in [0.15, 0.2) is 51.8 Å². The van der Waals surface area contributed by atoms with Gasteiger partial charge in [0.25, 0.3) is 0 Å². The van der Waals surface area contributed by atoms with Gasteiger partial charge in [0.2, 0.25) is 5.91 Å². The highest BCUT2D eigenvalue weighted by atomic mass is 32.2. The number of hydrogen-bond donors (Lipinski definition) is 4. The Bertz CT molecular complexity index is 1720. The number of nitrogens with two attached hydrogens (primary N) is 1. The summed E-state index contributed by atoms with van der Waals surface area (Å²) in [4.78, 5) is 39.0. The van der Waals surface area contributed by atoms with E-state index in [9.17, 15) is 32.3 Å². The van der Waals surface area contributed by atoms with E-state index in [0.29, 0.717) is 16.5 Å². The fraction of sp³-hybridized carbons (Fsp3) is 0.240. The zero-order valence-corrected chi connectivity index (χ0v) is 21.3. The second kappa shape index (κ2) is 10.3. The van der Waals surface area contributed by atoms with Crippen molar-refractivity contribution >= 4 is 32.6 Å². The van der Waals surface area contributed by atoms with Gasteiger partial charge in [0.1, 0.15) is 17.3 Å². The van der Waals surface area contributed by atoms with Gasteiger partial charge in [0.05, 0.1) is 36.6 Å². The number of rotatable bonds is 9. The number of amides is 1. The molecule has 1 amide bonds. The van der Waals surface area contributed by atoms with Crippen molar-refractivity contribution in [2.24, 2.45) is 5.73 Å². The highest BCUT2D eigenvalue weighted by Crippen LogP contribution is 2.37. The molecular formula is C25H25FN4O7S. The van der Waals surface area contributed by atoms with E-state index in [1.807, 2.05) is 0 Å². The zero-order valence-electron chi connectivity index (χ0n) is 20.4. The SMILES string of the molecule is CC(c1cccc2c(-c3ccc(CS(C)(=O)=O)c(F)c3)c(C(=O)O)[nH]c12)n1cc(CNC(=O)CN)oc1=O. The lowest BCUT2D eigenvalue weighted by Crippen LogP contribution is -2.29. The number of carboxylic acids is 1. The van der Waals surface area contributed by atoms with Gasteiger partial charge >= 0.3 is 11.7 Å². The lowest BCUT2D eigenvalue weighted by molar-refractivity contribution is -0.119. The predicted molar refractivity (Wildman–Crippen MR) is 137 cm³/mol. The highest BCUT2D eigenvalue weighted by Gasteiger charge is 2.24. The molecule has 4 rings (SSSR count). The first-order valence-electron chi connectivity index (χ1n) is 11.4. The third-order valence-electron chi connectivity index (χ3n) is 6.06. The summed E-state index contributed by atoms with van der Waals surface area (Å²) < 4.78 is 44.5. The number of halogens is 1. The molecular weight excluding hydrogens is 519 g/mol. The van der Waals surface area contributed by atoms with Gasteiger partial charge in [-0.2, -0.15) is 0 Å². The van der Waals surface area contributed by atoms with Crippen molar-refractivity contribution in [3.05, 3.63) is 81.5 Å². The Hall–Kier alpha value is -4.23. The van der Waals surface area contributed by atoms with Gasteiger partial charge in [-0.3, -0.25) is 9.36 Å². The summed E-state index contributed by atoms with van der Waals surface area (Å²) in [5.41, 5.74) is 6.48. The monoisotopic (exact) mass is 544 g/mol. The van der Waals surface area contributed by atoms with Crippen molar-refractivity contribution < 1.29 is 31.9 Å². The second-order valence-corrected chi connectivity index (χ2v) is 11.0. The van der Waals surface area contributed by atoms with Crippen molar-refractivity contribution in [2.75, 3.05) is 12.8 Å². The number of nitrogens with zero attached hydrogens (tertiary/aromatic N) is 1. The lowest BCUT2D eigenvalue weighted by atomic mass is 9.98. The number of para-hydroxylation sites is 1. The second-order valence-electron chi connectivity index (χ2n) is 8.85. The van der Waals surface area contributed by atoms with Crippen LogP contribution in [0, 0.1) is 5.82 Å². The summed E-state index contributed by atoms with van der Waals surface area (Å²) in [6.45, 7) is 1.47. The van der Waals surface area contributed by atoms with Gasteiger partial charge < -0.3 is 25.6 Å². The Morgan fingerprint density at radius 3 is 2.63 bits per heavy atom. The molecule has 0 saturated carbocycles. The standard InChI is InChI=1S/C25H25FN4O7S/c1-13(30-11-16(37-25(30)34)10-28-20(31)9-27)17-4-3-5-18-21(23(24(32)33)29-22(17)18)14-6-7-15(19(26)8-14)12-38(2,35)36/h3-8,11,13,29H,9-10,12,27H2,1-2H3,(H,28,31)(H,32,33). The average Bonchev–Trinajstić information content (AvgIpc) is 3.43. The molecule has 4 aromatic rings. The molecule has 200 valence electrons. The quantitative estimate of drug-likeness (QED) is 0.248. The van der Waals surface area contributed by atoms with E-state index in [-0.39, 0.29) is 41.2 Å². The summed E-state index contributed by atoms with van der Waals surface area (Å²) in [5.74, 6) is -3.44. The van der Waals surface area contributed by atoms with E-state index in [1.165, 1.54) is 22.9 Å². The van der Waals surface area contributed by atoms with E-state index in [0.717, 1.165) is 12.3 Å². The number of sulfone groups is 1. The molecule has 11 nitrogen and oxygen atoms in total. The van der Waals surface area contributed by atoms with Crippen molar-refractivity contribution in [3.8, 4) is 11.1 Å². The van der Waals surface area contributed by atoms with E-state index in [1.54, 1.807) is 25.1 Å². The van der Waals surface area contributed by atoms with Gasteiger partial charge in [0.15, 0.2) is 9.84 Å². The van der Waals surface area contributed by atoms with Crippen LogP contribution in [-0.4, -0.2) is 47.8 Å². The number of benzene rings is 2. The van der Waals surface area contributed by atoms with Crippen LogP contribution in [0.4, 0.5) is 4.39 Å². The van der Waals surface area contributed by atoms with Gasteiger partial charge in [-0.15, -0.1) is 0 Å². The summed E-state index contributed by atoms with van der Waals surface area (Å²) in [7, 11) is -3.48. The maximum Gasteiger partial charge on any atom is 0.419 e. The Morgan fingerprint density at radius 1 is 1.26 bits per heavy atom. The Morgan fingerprint density at radius 2 is 2.00 bits per heavy atom. The van der Waals surface area contributed by atoms with Crippen LogP contribution in [0.1, 0.15) is 40.3 Å². The van der Waals surface area contributed by atoms with E-state index < -0.39 is 45.1 Å². The Balaban J connectivity index is 1.80. The van der Waals surface area contributed by atoms with Crippen molar-refractivity contribution in [1.29, 1.82) is 0 Å². The number of carboxylic acid groups (broad SMARTS) is 1. The molecule has 0 saturated heterocycles. The number of nitrogens with one attached hydrogen (secondary N) is 2. The number of carbonyl (C=O) groups excluding carboxylic acids is 1. The first kappa shape index (κ1) is 26.8. The normalized spacial score (nSPS) is 12.5. The number of aromatic nitrogens is 2. The number of carbonyl (C=O) groups is 2. The molecule has 2 aromatic heterocycles. The summed E-state index contributed by atoms with van der Waals surface area (Å²) in [6.07, 6.45) is 2.44. The van der Waals surface area contributed by atoms with Gasteiger partial charge in [0, 0.05) is 22.8 Å². The minimum atomic E-state index is -3.48. The first-order chi connectivity index (χ1) is 17.9. The van der Waals surface area contributed by atoms with Crippen molar-refractivity contribution in [1.82, 2.24) is 14.9 Å². The fourth-order valence-corrected chi connectivity index (χ4v) is 5.11. The van der Waals surface area contributed by atoms with Crippen LogP contribution >= 0.6 is 0 Å². The third kappa shape index (κ3) is 5.38. The molecule has 13 heteroatoms. The molecule has 1 unspecified atom stereocenters. The molecule has 38 heavy (non-hydrogen) atoms. The Kier molecular flexibility index (Phi) is 7.24. The van der Waals surface area contributed by atoms with Crippen LogP contribution in [-0.2, 0) is 26.9 Å². The number of oxazole rings is 1. The van der Waals surface area contributed by atoms with E-state index in [4.69, 9.17) is 10.2 Å². The van der Waals surface area contributed by atoms with Gasteiger partial charge in [-0.05, 0) is 24.1 Å². The van der Waals surface area contributed by atoms with Gasteiger partial charge in [-0.1, -0.05) is 30.3 Å². The average molecular weight is 545 g/mol. The number of aromatic amines is 1. The summed E-state index contributed by atoms with van der Waals surface area (Å²) in [6, 6.07) is 8.33. The number of H-pyrrole nitrogens is 1. The molecule has 2 aromatic carbocycles. The smallest absolute Gasteiger partial charge is 0.419 e. The molecule has 2 heterocycles. The third-order valence-corrected chi connectivity index (χ3v) is 6.90. The van der Waals surface area contributed by atoms with E-state index in [2.05, 4.69) is 10.3 Å². The molecule has 0 aliphatic heterocycles. The topological polar surface area (TPSA) is 177 Å². The maximum atomic E-state index is 14.8. The number of hydrogen-bond acceptors (Lipinski definition) is 7. The van der Waals surface area contributed by atoms with Crippen LogP contribution in [0.25, 0.3) is 22.0 Å². The highest BCUT2D eigenvalue weighted by molar-refractivity contribution is 7.89. The summed E-state index contributed by atoms with van der Waals surface area (Å²) >= 11 is 0. The molecule has 0 radical (unpaired) electrons. The Labute approximate surface area is 216 Å². The minimum Gasteiger partial charge on any atom is -0.477 e. The van der Waals surface area contributed by atoms with Crippen LogP contribution in [0.5, 0.6) is 0 Å². The molecule has 1 atom stereocenters. The molecule has 5 N–H and O–H groups in total. The minimum absolute atomic E-state index is 0.0277. The van der Waals surface area contributed by atoms with Crippen molar-refractivity contribution in [3.63, 3.8) is 0 Å². The van der Waals surface area contributed by atoms with Crippen molar-refractivity contribution in [2.45, 2.75) is 25.3 Å². The zero-order chi connectivity index (χ0) is 27.8. The van der Waals surface area contributed by atoms with Crippen LogP contribution in [0.3, 0.4) is 0 Å². The molecule has 0 fully saturated rings. The van der Waals surface area contributed by atoms with Crippen LogP contribution < -0.4 is 16.8 Å². The first-order valence-corrected chi connectivity index (χ1v) is 13.5. The van der Waals surface area contributed by atoms with E-state index >= 15 is 0 Å². The fourth-order valence-electron chi connectivity index (χ4n) is 4.31. The maximum absolute atomic E-state index is 14.8. The predicted octanol–water partition coefficient (Wildman–Crippen LogP) is 2.16. The lowest BCUT2D eigenvalue weighted by Gasteiger charge is -2.13. The number of fused-ring (bicyclic) bond motifs is 1. The number of aromatic carboxylic acids is 1. The van der Waals surface area contributed by atoms with Gasteiger partial charge in [-0.25, -0.2) is 22.4 Å². The molecule has 0 bridgehead atoms. The summed E-state index contributed by atoms with van der Waals surface area (Å²) in [5, 5.41) is 12.9. The molecule has 0 spiro atoms.